The van der Waals surface area contributed by atoms with Crippen LogP contribution < -0.4 is 15.5 Å². The van der Waals surface area contributed by atoms with Crippen LogP contribution in [0.15, 0.2) is 84.9 Å². The number of anilines is 1. The van der Waals surface area contributed by atoms with Gasteiger partial charge in [0.15, 0.2) is 23.5 Å². The number of carbonyl (C=O) groups is 3. The van der Waals surface area contributed by atoms with Crippen molar-refractivity contribution >= 4 is 23.5 Å². The molecule has 0 spiro atoms. The number of allylic oxidation sites excluding steroid dienone is 1. The highest BCUT2D eigenvalue weighted by atomic mass is 19.1. The summed E-state index contributed by atoms with van der Waals surface area (Å²) >= 11 is 0. The third kappa shape index (κ3) is 8.17. The maximum Gasteiger partial charge on any atom is 0.412 e. The summed E-state index contributed by atoms with van der Waals surface area (Å²) in [7, 11) is 0. The van der Waals surface area contributed by atoms with E-state index in [1.807, 2.05) is 0 Å². The number of aromatic hydroxyl groups is 1. The lowest BCUT2D eigenvalue weighted by Gasteiger charge is -2.28. The molecular weight excluding hydrogens is 495 g/mol. The smallest absolute Gasteiger partial charge is 0.412 e. The van der Waals surface area contributed by atoms with Crippen molar-refractivity contribution < 1.29 is 38.6 Å². The van der Waals surface area contributed by atoms with E-state index in [1.54, 1.807) is 54.6 Å². The first-order chi connectivity index (χ1) is 18.3. The zero-order chi connectivity index (χ0) is 27.5. The van der Waals surface area contributed by atoms with E-state index < -0.39 is 35.8 Å². The van der Waals surface area contributed by atoms with Crippen molar-refractivity contribution in [1.29, 1.82) is 0 Å². The quantitative estimate of drug-likeness (QED) is 0.116. The minimum atomic E-state index is -1.14. The molecule has 0 bridgehead atoms. The van der Waals surface area contributed by atoms with Crippen LogP contribution in [0.1, 0.15) is 41.8 Å². The number of nitrogens with one attached hydrogen (secondary N) is 2. The Bertz CT molecular complexity index is 1280. The SMILES string of the molecule is CC(=O)c1ccc(NC(=O)O[C@H](c2ccc(O)c(F)c2)[C@@H](CC/C=C/C(=O)NO)Oc2ccccc2)cc1. The number of amides is 2. The molecule has 3 aromatic carbocycles. The molecule has 198 valence electrons. The van der Waals surface area contributed by atoms with Gasteiger partial charge in [0.25, 0.3) is 5.91 Å². The average molecular weight is 523 g/mol. The second-order valence-corrected chi connectivity index (χ2v) is 8.22. The zero-order valence-corrected chi connectivity index (χ0v) is 20.5. The van der Waals surface area contributed by atoms with Gasteiger partial charge in [0, 0.05) is 17.3 Å². The van der Waals surface area contributed by atoms with Crippen LogP contribution in [0.25, 0.3) is 0 Å². The van der Waals surface area contributed by atoms with Crippen LogP contribution in [0.3, 0.4) is 0 Å². The highest BCUT2D eigenvalue weighted by molar-refractivity contribution is 5.95. The number of para-hydroxylation sites is 1. The normalized spacial score (nSPS) is 12.4. The van der Waals surface area contributed by atoms with Crippen molar-refractivity contribution in [2.24, 2.45) is 0 Å². The Kier molecular flexibility index (Phi) is 9.95. The van der Waals surface area contributed by atoms with Gasteiger partial charge >= 0.3 is 6.09 Å². The topological polar surface area (TPSA) is 134 Å². The number of hydroxylamine groups is 1. The fourth-order valence-electron chi connectivity index (χ4n) is 3.54. The molecule has 3 rings (SSSR count). The molecule has 0 saturated carbocycles. The summed E-state index contributed by atoms with van der Waals surface area (Å²) in [5, 5.41) is 20.9. The van der Waals surface area contributed by atoms with Gasteiger partial charge in [0.1, 0.15) is 11.9 Å². The van der Waals surface area contributed by atoms with Gasteiger partial charge in [-0.05, 0) is 73.9 Å². The van der Waals surface area contributed by atoms with Crippen molar-refractivity contribution in [1.82, 2.24) is 5.48 Å². The third-order valence-electron chi connectivity index (χ3n) is 5.44. The Balaban J connectivity index is 1.89. The number of ketones is 1. The number of Topliss-reactive ketones (excluding diaryl/α,β-unsaturated/α-hetero) is 1. The van der Waals surface area contributed by atoms with Gasteiger partial charge in [0.05, 0.1) is 0 Å². The summed E-state index contributed by atoms with van der Waals surface area (Å²) in [5.74, 6) is -1.85. The third-order valence-corrected chi connectivity index (χ3v) is 5.44. The molecule has 0 aromatic heterocycles. The Morgan fingerprint density at radius 1 is 1.03 bits per heavy atom. The summed E-state index contributed by atoms with van der Waals surface area (Å²) < 4.78 is 26.1. The molecule has 0 radical (unpaired) electrons. The van der Waals surface area contributed by atoms with Crippen LogP contribution in [0.2, 0.25) is 0 Å². The number of hydrogen-bond acceptors (Lipinski definition) is 7. The van der Waals surface area contributed by atoms with Crippen molar-refractivity contribution in [2.75, 3.05) is 5.32 Å². The molecule has 2 amide bonds. The van der Waals surface area contributed by atoms with Crippen LogP contribution in [0.5, 0.6) is 11.5 Å². The van der Waals surface area contributed by atoms with Gasteiger partial charge in [-0.15, -0.1) is 0 Å². The lowest BCUT2D eigenvalue weighted by molar-refractivity contribution is -0.124. The molecule has 4 N–H and O–H groups in total. The predicted octanol–water partition coefficient (Wildman–Crippen LogP) is 5.31. The van der Waals surface area contributed by atoms with Crippen LogP contribution in [-0.2, 0) is 9.53 Å². The fraction of sp³-hybridized carbons (Fsp3) is 0.179. The van der Waals surface area contributed by atoms with E-state index in [4.69, 9.17) is 14.7 Å². The number of benzene rings is 3. The van der Waals surface area contributed by atoms with E-state index in [9.17, 15) is 23.9 Å². The lowest BCUT2D eigenvalue weighted by atomic mass is 9.99. The first-order valence-corrected chi connectivity index (χ1v) is 11.7. The summed E-state index contributed by atoms with van der Waals surface area (Å²) in [5.41, 5.74) is 2.56. The zero-order valence-electron chi connectivity index (χ0n) is 20.5. The molecule has 0 heterocycles. The molecule has 38 heavy (non-hydrogen) atoms. The van der Waals surface area contributed by atoms with Gasteiger partial charge in [-0.2, -0.15) is 0 Å². The lowest BCUT2D eigenvalue weighted by Crippen LogP contribution is -2.31. The van der Waals surface area contributed by atoms with Gasteiger partial charge in [-0.1, -0.05) is 30.3 Å². The number of ether oxygens (including phenoxy) is 2. The Hall–Kier alpha value is -4.70. The number of halogens is 1. The molecule has 10 heteroatoms. The Labute approximate surface area is 218 Å². The molecule has 0 aliphatic carbocycles. The standard InChI is InChI=1S/C28H27FN2O7/c1-18(32)19-11-14-21(15-12-19)30-28(35)38-27(20-13-16-24(33)23(29)17-20)25(9-5-6-10-26(34)31-36)37-22-7-3-2-4-8-22/h2-4,6-8,10-17,25,27,33,36H,5,9H2,1H3,(H,30,35)(H,31,34)/b10-6+/t25-,27-/m1/s1. The highest BCUT2D eigenvalue weighted by Crippen LogP contribution is 2.31. The number of phenolic OH excluding ortho intramolecular Hbond substituents is 1. The average Bonchev–Trinajstić information content (AvgIpc) is 2.91. The van der Waals surface area contributed by atoms with E-state index in [-0.39, 0.29) is 24.2 Å². The van der Waals surface area contributed by atoms with Crippen molar-refractivity contribution in [3.05, 3.63) is 102 Å². The molecule has 2 atom stereocenters. The van der Waals surface area contributed by atoms with Crippen molar-refractivity contribution in [2.45, 2.75) is 32.0 Å². The molecule has 3 aromatic rings. The van der Waals surface area contributed by atoms with Crippen molar-refractivity contribution in [3.8, 4) is 11.5 Å². The minimum Gasteiger partial charge on any atom is -0.505 e. The molecule has 0 fully saturated rings. The number of carbonyl (C=O) groups excluding carboxylic acids is 3. The first-order valence-electron chi connectivity index (χ1n) is 11.7. The molecular formula is C28H27FN2O7. The van der Waals surface area contributed by atoms with Gasteiger partial charge in [-0.25, -0.2) is 14.7 Å². The predicted molar refractivity (Wildman–Crippen MR) is 137 cm³/mol. The van der Waals surface area contributed by atoms with Crippen LogP contribution in [0.4, 0.5) is 14.9 Å². The maximum atomic E-state index is 14.3. The van der Waals surface area contributed by atoms with Crippen LogP contribution in [-0.4, -0.2) is 34.2 Å². The minimum absolute atomic E-state index is 0.125. The Morgan fingerprint density at radius 3 is 2.37 bits per heavy atom. The number of rotatable bonds is 11. The molecule has 9 nitrogen and oxygen atoms in total. The highest BCUT2D eigenvalue weighted by Gasteiger charge is 2.30. The van der Waals surface area contributed by atoms with Gasteiger partial charge in [0.2, 0.25) is 0 Å². The van der Waals surface area contributed by atoms with Crippen LogP contribution >= 0.6 is 0 Å². The Morgan fingerprint density at radius 2 is 1.74 bits per heavy atom. The second-order valence-electron chi connectivity index (χ2n) is 8.22. The summed E-state index contributed by atoms with van der Waals surface area (Å²) in [6.45, 7) is 1.43. The van der Waals surface area contributed by atoms with E-state index in [0.29, 0.717) is 17.0 Å². The molecule has 0 unspecified atom stereocenters. The van der Waals surface area contributed by atoms with Crippen molar-refractivity contribution in [3.63, 3.8) is 0 Å². The largest absolute Gasteiger partial charge is 0.505 e. The fourth-order valence-corrected chi connectivity index (χ4v) is 3.54. The first kappa shape index (κ1) is 27.9. The van der Waals surface area contributed by atoms with Gasteiger partial charge in [-0.3, -0.25) is 20.1 Å². The molecule has 0 aliphatic heterocycles. The molecule has 0 aliphatic rings. The van der Waals surface area contributed by atoms with E-state index in [2.05, 4.69) is 5.32 Å². The summed E-state index contributed by atoms with van der Waals surface area (Å²) in [6, 6.07) is 18.5. The van der Waals surface area contributed by atoms with E-state index in [0.717, 1.165) is 18.2 Å². The number of phenols is 1. The van der Waals surface area contributed by atoms with E-state index >= 15 is 0 Å². The maximum absolute atomic E-state index is 14.3. The van der Waals surface area contributed by atoms with Gasteiger partial charge < -0.3 is 14.6 Å². The second kappa shape index (κ2) is 13.6. The monoisotopic (exact) mass is 522 g/mol. The summed E-state index contributed by atoms with van der Waals surface area (Å²) in [6.07, 6.45) is 0.273. The van der Waals surface area contributed by atoms with E-state index in [1.165, 1.54) is 24.5 Å². The number of hydrogen-bond donors (Lipinski definition) is 4. The summed E-state index contributed by atoms with van der Waals surface area (Å²) in [4.78, 5) is 35.7. The molecule has 0 saturated heterocycles. The van der Waals surface area contributed by atoms with Crippen LogP contribution in [0, 0.1) is 5.82 Å².